The Labute approximate surface area is 118 Å². The van der Waals surface area contributed by atoms with Crippen molar-refractivity contribution >= 4 is 5.97 Å². The maximum Gasteiger partial charge on any atom is 0.325 e. The Morgan fingerprint density at radius 1 is 1.37 bits per heavy atom. The molecule has 0 saturated carbocycles. The number of hydrogen-bond acceptors (Lipinski definition) is 4. The first-order valence-electron chi connectivity index (χ1n) is 7.33. The van der Waals surface area contributed by atoms with E-state index in [2.05, 4.69) is 31.1 Å². The third-order valence-electron chi connectivity index (χ3n) is 3.77. The van der Waals surface area contributed by atoms with E-state index in [1.165, 1.54) is 7.11 Å². The van der Waals surface area contributed by atoms with Crippen molar-refractivity contribution < 1.29 is 9.53 Å². The number of methoxy groups -OCH3 is 1. The highest BCUT2D eigenvalue weighted by Crippen LogP contribution is 2.16. The Bertz CT molecular complexity index is 269. The van der Waals surface area contributed by atoms with Gasteiger partial charge in [0.15, 0.2) is 0 Å². The summed E-state index contributed by atoms with van der Waals surface area (Å²) in [5, 5.41) is 3.33. The number of esters is 1. The number of nitrogens with one attached hydrogen (secondary N) is 1. The van der Waals surface area contributed by atoms with Crippen molar-refractivity contribution in [1.29, 1.82) is 0 Å². The van der Waals surface area contributed by atoms with Crippen LogP contribution in [0.3, 0.4) is 0 Å². The van der Waals surface area contributed by atoms with E-state index in [1.807, 2.05) is 20.8 Å². The lowest BCUT2D eigenvalue weighted by molar-refractivity contribution is -0.148. The molecular weight excluding hydrogens is 240 g/mol. The van der Waals surface area contributed by atoms with Crippen molar-refractivity contribution in [3.8, 4) is 0 Å². The van der Waals surface area contributed by atoms with Gasteiger partial charge < -0.3 is 9.64 Å². The van der Waals surface area contributed by atoms with Gasteiger partial charge in [0.2, 0.25) is 0 Å². The first kappa shape index (κ1) is 18.4. The van der Waals surface area contributed by atoms with E-state index in [9.17, 15) is 4.79 Å². The SMILES string of the molecule is CCC(C)N(C)CCCC(C)(NC(C)C)C(=O)OC. The Kier molecular flexibility index (Phi) is 8.26. The van der Waals surface area contributed by atoms with Gasteiger partial charge in [0.1, 0.15) is 5.54 Å². The van der Waals surface area contributed by atoms with Crippen LogP contribution < -0.4 is 5.32 Å². The smallest absolute Gasteiger partial charge is 0.325 e. The topological polar surface area (TPSA) is 41.6 Å². The minimum absolute atomic E-state index is 0.174. The zero-order chi connectivity index (χ0) is 15.1. The van der Waals surface area contributed by atoms with Gasteiger partial charge in [-0.15, -0.1) is 0 Å². The number of carbonyl (C=O) groups excluding carboxylic acids is 1. The highest BCUT2D eigenvalue weighted by atomic mass is 16.5. The molecule has 0 aromatic carbocycles. The Balaban J connectivity index is 4.39. The van der Waals surface area contributed by atoms with Crippen LogP contribution in [0.2, 0.25) is 0 Å². The average molecular weight is 272 g/mol. The second kappa shape index (κ2) is 8.54. The second-order valence-corrected chi connectivity index (χ2v) is 5.96. The predicted molar refractivity (Wildman–Crippen MR) is 80.3 cm³/mol. The van der Waals surface area contributed by atoms with Gasteiger partial charge in [-0.05, 0) is 60.5 Å². The molecule has 0 spiro atoms. The standard InChI is InChI=1S/C15H32N2O2/c1-8-13(4)17(6)11-9-10-15(5,14(18)19-7)16-12(2)3/h12-13,16H,8-11H2,1-7H3. The van der Waals surface area contributed by atoms with E-state index in [4.69, 9.17) is 4.74 Å². The highest BCUT2D eigenvalue weighted by molar-refractivity contribution is 5.80. The van der Waals surface area contributed by atoms with Crippen molar-refractivity contribution in [2.24, 2.45) is 0 Å². The fraction of sp³-hybridized carbons (Fsp3) is 0.933. The Hall–Kier alpha value is -0.610. The van der Waals surface area contributed by atoms with Crippen LogP contribution in [0, 0.1) is 0 Å². The molecule has 2 atom stereocenters. The Morgan fingerprint density at radius 2 is 1.95 bits per heavy atom. The zero-order valence-corrected chi connectivity index (χ0v) is 13.7. The summed E-state index contributed by atoms with van der Waals surface area (Å²) in [5.41, 5.74) is -0.584. The third-order valence-corrected chi connectivity index (χ3v) is 3.77. The number of hydrogen-bond donors (Lipinski definition) is 1. The van der Waals surface area contributed by atoms with Crippen molar-refractivity contribution in [2.45, 2.75) is 71.5 Å². The molecule has 0 aliphatic heterocycles. The fourth-order valence-corrected chi connectivity index (χ4v) is 2.31. The van der Waals surface area contributed by atoms with E-state index in [0.717, 1.165) is 25.8 Å². The first-order valence-corrected chi connectivity index (χ1v) is 7.33. The van der Waals surface area contributed by atoms with E-state index in [-0.39, 0.29) is 12.0 Å². The molecule has 19 heavy (non-hydrogen) atoms. The molecular formula is C15H32N2O2. The molecule has 4 nitrogen and oxygen atoms in total. The summed E-state index contributed by atoms with van der Waals surface area (Å²) in [4.78, 5) is 14.3. The molecule has 2 unspecified atom stereocenters. The lowest BCUT2D eigenvalue weighted by Gasteiger charge is -2.31. The molecule has 0 aliphatic carbocycles. The van der Waals surface area contributed by atoms with Crippen LogP contribution in [0.15, 0.2) is 0 Å². The minimum atomic E-state index is -0.584. The summed E-state index contributed by atoms with van der Waals surface area (Å²) >= 11 is 0. The maximum absolute atomic E-state index is 11.9. The van der Waals surface area contributed by atoms with E-state index in [1.54, 1.807) is 0 Å². The molecule has 0 aromatic heterocycles. The van der Waals surface area contributed by atoms with Gasteiger partial charge in [-0.25, -0.2) is 0 Å². The van der Waals surface area contributed by atoms with Crippen LogP contribution in [0.5, 0.6) is 0 Å². The van der Waals surface area contributed by atoms with Crippen molar-refractivity contribution in [1.82, 2.24) is 10.2 Å². The molecule has 0 saturated heterocycles. The quantitative estimate of drug-likeness (QED) is 0.655. The van der Waals surface area contributed by atoms with Gasteiger partial charge in [0.05, 0.1) is 7.11 Å². The van der Waals surface area contributed by atoms with Gasteiger partial charge in [-0.3, -0.25) is 10.1 Å². The number of ether oxygens (including phenoxy) is 1. The van der Waals surface area contributed by atoms with E-state index < -0.39 is 5.54 Å². The summed E-state index contributed by atoms with van der Waals surface area (Å²) < 4.78 is 4.93. The highest BCUT2D eigenvalue weighted by Gasteiger charge is 2.34. The summed E-state index contributed by atoms with van der Waals surface area (Å²) in [5.74, 6) is -0.174. The summed E-state index contributed by atoms with van der Waals surface area (Å²) in [6.45, 7) is 11.5. The van der Waals surface area contributed by atoms with Crippen LogP contribution in [-0.4, -0.2) is 49.2 Å². The lowest BCUT2D eigenvalue weighted by atomic mass is 9.94. The molecule has 0 aliphatic rings. The molecule has 0 rings (SSSR count). The molecule has 0 heterocycles. The second-order valence-electron chi connectivity index (χ2n) is 5.96. The van der Waals surface area contributed by atoms with Crippen LogP contribution >= 0.6 is 0 Å². The summed E-state index contributed by atoms with van der Waals surface area (Å²) in [7, 11) is 3.59. The lowest BCUT2D eigenvalue weighted by Crippen LogP contribution is -2.53. The summed E-state index contributed by atoms with van der Waals surface area (Å²) in [6.07, 6.45) is 2.92. The van der Waals surface area contributed by atoms with Gasteiger partial charge in [0, 0.05) is 12.1 Å². The van der Waals surface area contributed by atoms with E-state index in [0.29, 0.717) is 6.04 Å². The molecule has 0 amide bonds. The molecule has 0 fully saturated rings. The van der Waals surface area contributed by atoms with Crippen molar-refractivity contribution in [3.05, 3.63) is 0 Å². The molecule has 1 N–H and O–H groups in total. The Morgan fingerprint density at radius 3 is 2.37 bits per heavy atom. The molecule has 0 radical (unpaired) electrons. The average Bonchev–Trinajstić information content (AvgIpc) is 2.35. The normalized spacial score (nSPS) is 16.5. The number of carbonyl (C=O) groups is 1. The molecule has 4 heteroatoms. The molecule has 0 bridgehead atoms. The monoisotopic (exact) mass is 272 g/mol. The number of rotatable bonds is 9. The van der Waals surface area contributed by atoms with Crippen LogP contribution in [-0.2, 0) is 9.53 Å². The van der Waals surface area contributed by atoms with Gasteiger partial charge in [0.25, 0.3) is 0 Å². The predicted octanol–water partition coefficient (Wildman–Crippen LogP) is 2.43. The van der Waals surface area contributed by atoms with Crippen LogP contribution in [0.1, 0.15) is 53.9 Å². The van der Waals surface area contributed by atoms with Crippen LogP contribution in [0.4, 0.5) is 0 Å². The first-order chi connectivity index (χ1) is 8.76. The maximum atomic E-state index is 11.9. The summed E-state index contributed by atoms with van der Waals surface area (Å²) in [6, 6.07) is 0.846. The van der Waals surface area contributed by atoms with E-state index >= 15 is 0 Å². The molecule has 0 aromatic rings. The largest absolute Gasteiger partial charge is 0.468 e. The van der Waals surface area contributed by atoms with Gasteiger partial charge in [-0.1, -0.05) is 6.92 Å². The number of nitrogens with zero attached hydrogens (tertiary/aromatic N) is 1. The van der Waals surface area contributed by atoms with Crippen molar-refractivity contribution in [3.63, 3.8) is 0 Å². The van der Waals surface area contributed by atoms with Crippen LogP contribution in [0.25, 0.3) is 0 Å². The van der Waals surface area contributed by atoms with Gasteiger partial charge in [-0.2, -0.15) is 0 Å². The molecule has 114 valence electrons. The van der Waals surface area contributed by atoms with Crippen molar-refractivity contribution in [2.75, 3.05) is 20.7 Å². The minimum Gasteiger partial charge on any atom is -0.468 e. The third kappa shape index (κ3) is 6.39. The fourth-order valence-electron chi connectivity index (χ4n) is 2.31. The van der Waals surface area contributed by atoms with Gasteiger partial charge >= 0.3 is 5.97 Å². The zero-order valence-electron chi connectivity index (χ0n) is 13.7.